The first-order chi connectivity index (χ1) is 22.8. The van der Waals surface area contributed by atoms with Crippen molar-refractivity contribution >= 4 is 43.5 Å². The first-order valence-corrected chi connectivity index (χ1v) is 15.3. The summed E-state index contributed by atoms with van der Waals surface area (Å²) in [4.78, 5) is 9.83. The second-order valence-corrected chi connectivity index (χ2v) is 11.6. The van der Waals surface area contributed by atoms with Crippen LogP contribution in [-0.4, -0.2) is 14.5 Å². The van der Waals surface area contributed by atoms with Crippen LogP contribution in [0.15, 0.2) is 140 Å². The molecule has 9 aromatic rings. The van der Waals surface area contributed by atoms with Gasteiger partial charge in [-0.15, -0.1) is 0 Å². The molecule has 46 heavy (non-hydrogen) atoms. The molecule has 0 fully saturated rings. The lowest BCUT2D eigenvalue weighted by Crippen LogP contribution is -2.06. The van der Waals surface area contributed by atoms with Gasteiger partial charge in [-0.1, -0.05) is 103 Å². The lowest BCUT2D eigenvalue weighted by molar-refractivity contribution is 0.476. The van der Waals surface area contributed by atoms with E-state index in [4.69, 9.17) is 14.7 Å². The molecule has 4 nitrogen and oxygen atoms in total. The van der Waals surface area contributed by atoms with Crippen molar-refractivity contribution in [3.05, 3.63) is 152 Å². The highest BCUT2D eigenvalue weighted by Gasteiger charge is 2.26. The van der Waals surface area contributed by atoms with E-state index in [1.165, 1.54) is 32.7 Å². The zero-order valence-corrected chi connectivity index (χ0v) is 24.5. The Kier molecular flexibility index (Phi) is 5.17. The van der Waals surface area contributed by atoms with Crippen molar-refractivity contribution in [3.63, 3.8) is 0 Å². The minimum Gasteiger partial charge on any atom is -0.453 e. The molecule has 0 amide bonds. The van der Waals surface area contributed by atoms with Crippen molar-refractivity contribution in [1.29, 1.82) is 0 Å². The van der Waals surface area contributed by atoms with Crippen molar-refractivity contribution in [2.75, 3.05) is 0 Å². The molecule has 7 aromatic carbocycles. The highest BCUT2D eigenvalue weighted by atomic mass is 16.5. The molecule has 0 saturated heterocycles. The van der Waals surface area contributed by atoms with Crippen molar-refractivity contribution in [3.8, 4) is 50.8 Å². The Morgan fingerprint density at radius 2 is 1.39 bits per heavy atom. The Hall–Kier alpha value is -6.44. The minimum absolute atomic E-state index is 0.784. The fourth-order valence-electron chi connectivity index (χ4n) is 7.17. The number of fused-ring (bicyclic) bond motifs is 5. The average Bonchev–Trinajstić information content (AvgIpc) is 3.52. The van der Waals surface area contributed by atoms with Crippen LogP contribution < -0.4 is 4.74 Å². The highest BCUT2D eigenvalue weighted by Crippen LogP contribution is 2.48. The van der Waals surface area contributed by atoms with Crippen LogP contribution >= 0.6 is 0 Å². The lowest BCUT2D eigenvalue weighted by Gasteiger charge is -2.23. The zero-order chi connectivity index (χ0) is 30.2. The third kappa shape index (κ3) is 3.51. The van der Waals surface area contributed by atoms with Gasteiger partial charge in [0.1, 0.15) is 5.52 Å². The van der Waals surface area contributed by atoms with Gasteiger partial charge in [0.15, 0.2) is 17.3 Å². The monoisotopic (exact) mass is 585 g/mol. The number of rotatable bonds is 3. The van der Waals surface area contributed by atoms with Crippen LogP contribution in [0.25, 0.3) is 82.8 Å². The first kappa shape index (κ1) is 24.9. The molecule has 0 saturated carbocycles. The molecule has 0 spiro atoms. The summed E-state index contributed by atoms with van der Waals surface area (Å²) >= 11 is 0. The van der Waals surface area contributed by atoms with Crippen LogP contribution in [0.5, 0.6) is 11.5 Å². The number of ether oxygens (including phenoxy) is 1. The molecule has 0 unspecified atom stereocenters. The molecular weight excluding hydrogens is 562 g/mol. The molecule has 4 heteroatoms. The van der Waals surface area contributed by atoms with Gasteiger partial charge in [0.2, 0.25) is 0 Å². The van der Waals surface area contributed by atoms with Crippen molar-refractivity contribution in [2.45, 2.75) is 0 Å². The molecule has 0 aliphatic carbocycles. The fraction of sp³-hybridized carbons (Fsp3) is 0. The number of hydrogen-bond acceptors (Lipinski definition) is 3. The number of pyridine rings is 1. The van der Waals surface area contributed by atoms with Crippen LogP contribution in [0.1, 0.15) is 0 Å². The summed E-state index contributed by atoms with van der Waals surface area (Å²) in [7, 11) is 0. The highest BCUT2D eigenvalue weighted by molar-refractivity contribution is 6.23. The number of imidazole rings is 1. The SMILES string of the molecule is c1cccc(-c2nc3cccc4c3n2-c2ccc(-c3c5ccccc5c(-c5cccc6cccnc56)c5ccccc35)cc2O4)c#1. The van der Waals surface area contributed by atoms with Gasteiger partial charge in [0, 0.05) is 17.1 Å². The van der Waals surface area contributed by atoms with E-state index in [1.54, 1.807) is 0 Å². The predicted octanol–water partition coefficient (Wildman–Crippen LogP) is 10.6. The number of hydrogen-bond donors (Lipinski definition) is 0. The van der Waals surface area contributed by atoms with Gasteiger partial charge < -0.3 is 4.74 Å². The van der Waals surface area contributed by atoms with E-state index in [0.29, 0.717) is 0 Å². The molecule has 0 N–H and O–H groups in total. The molecule has 2 aromatic heterocycles. The summed E-state index contributed by atoms with van der Waals surface area (Å²) in [6, 6.07) is 52.8. The average molecular weight is 586 g/mol. The van der Waals surface area contributed by atoms with Crippen molar-refractivity contribution < 1.29 is 4.74 Å². The third-order valence-electron chi connectivity index (χ3n) is 9.07. The van der Waals surface area contributed by atoms with Crippen LogP contribution in [0.3, 0.4) is 0 Å². The molecule has 3 heterocycles. The van der Waals surface area contributed by atoms with Crippen molar-refractivity contribution in [1.82, 2.24) is 14.5 Å². The Balaban J connectivity index is 1.25. The van der Waals surface area contributed by atoms with E-state index < -0.39 is 0 Å². The molecular formula is C42H23N3O. The summed E-state index contributed by atoms with van der Waals surface area (Å²) in [6.07, 6.45) is 1.88. The first-order valence-electron chi connectivity index (χ1n) is 15.3. The number of benzene rings is 6. The molecule has 0 radical (unpaired) electrons. The van der Waals surface area contributed by atoms with E-state index in [2.05, 4.69) is 108 Å². The minimum atomic E-state index is 0.784. The molecule has 1 aliphatic rings. The van der Waals surface area contributed by atoms with Crippen molar-refractivity contribution in [2.24, 2.45) is 0 Å². The molecule has 10 rings (SSSR count). The maximum atomic E-state index is 6.64. The molecule has 212 valence electrons. The second kappa shape index (κ2) is 9.53. The molecule has 0 atom stereocenters. The Bertz CT molecular complexity index is 2610. The van der Waals surface area contributed by atoms with Gasteiger partial charge in [-0.2, -0.15) is 0 Å². The fourth-order valence-corrected chi connectivity index (χ4v) is 7.17. The summed E-state index contributed by atoms with van der Waals surface area (Å²) in [5, 5.41) is 5.87. The van der Waals surface area contributed by atoms with Gasteiger partial charge in [0.25, 0.3) is 0 Å². The lowest BCUT2D eigenvalue weighted by atomic mass is 9.85. The van der Waals surface area contributed by atoms with Gasteiger partial charge in [-0.3, -0.25) is 9.55 Å². The van der Waals surface area contributed by atoms with Crippen LogP contribution in [0, 0.1) is 12.1 Å². The Morgan fingerprint density at radius 1 is 0.630 bits per heavy atom. The van der Waals surface area contributed by atoms with E-state index in [0.717, 1.165) is 61.6 Å². The molecule has 1 aliphatic heterocycles. The second-order valence-electron chi connectivity index (χ2n) is 11.6. The van der Waals surface area contributed by atoms with E-state index in [-0.39, 0.29) is 0 Å². The normalized spacial score (nSPS) is 11.9. The van der Waals surface area contributed by atoms with Gasteiger partial charge in [-0.25, -0.2) is 4.98 Å². The van der Waals surface area contributed by atoms with Gasteiger partial charge >= 0.3 is 0 Å². The van der Waals surface area contributed by atoms with Crippen LogP contribution in [-0.2, 0) is 0 Å². The number of aromatic nitrogens is 3. The van der Waals surface area contributed by atoms with Gasteiger partial charge in [0.05, 0.1) is 22.3 Å². The van der Waals surface area contributed by atoms with Crippen LogP contribution in [0.2, 0.25) is 0 Å². The summed E-state index contributed by atoms with van der Waals surface area (Å²) in [6.45, 7) is 0. The topological polar surface area (TPSA) is 39.9 Å². The summed E-state index contributed by atoms with van der Waals surface area (Å²) < 4.78 is 8.83. The quantitative estimate of drug-likeness (QED) is 0.194. The maximum absolute atomic E-state index is 6.64. The predicted molar refractivity (Wildman–Crippen MR) is 185 cm³/mol. The standard InChI is InChI=1S/C42H23N3O/c1-2-11-27(12-3-1)42-44-34-20-9-21-36-41(34)45(42)35-23-22-28(25-37(35)46-36)38-29-15-4-6-17-31(29)39(32-18-7-5-16-30(32)38)33-19-8-13-26-14-10-24-43-40(26)33/h1-2,4-11,13-25H. The number of para-hydroxylation sites is 2. The zero-order valence-electron chi connectivity index (χ0n) is 24.5. The smallest absolute Gasteiger partial charge is 0.154 e. The number of nitrogens with zero attached hydrogens (tertiary/aromatic N) is 3. The maximum Gasteiger partial charge on any atom is 0.154 e. The van der Waals surface area contributed by atoms with E-state index in [9.17, 15) is 0 Å². The summed E-state index contributed by atoms with van der Waals surface area (Å²) in [5.41, 5.74) is 9.28. The Labute approximate surface area is 264 Å². The molecule has 0 bridgehead atoms. The van der Waals surface area contributed by atoms with E-state index in [1.807, 2.05) is 48.7 Å². The Morgan fingerprint density at radius 3 is 2.17 bits per heavy atom. The third-order valence-corrected chi connectivity index (χ3v) is 9.07. The summed E-state index contributed by atoms with van der Waals surface area (Å²) in [5.74, 6) is 2.39. The van der Waals surface area contributed by atoms with Crippen LogP contribution in [0.4, 0.5) is 0 Å². The van der Waals surface area contributed by atoms with Gasteiger partial charge in [-0.05, 0) is 80.7 Å². The van der Waals surface area contributed by atoms with E-state index >= 15 is 0 Å². The largest absolute Gasteiger partial charge is 0.453 e.